The van der Waals surface area contributed by atoms with Gasteiger partial charge < -0.3 is 10.6 Å². The van der Waals surface area contributed by atoms with E-state index in [1.165, 1.54) is 12.1 Å². The monoisotopic (exact) mass is 280 g/mol. The molecule has 0 saturated carbocycles. The Balaban J connectivity index is 1.75. The third-order valence-electron chi connectivity index (χ3n) is 3.13. The van der Waals surface area contributed by atoms with Crippen LogP contribution in [0.15, 0.2) is 66.7 Å². The molecule has 0 radical (unpaired) electrons. The standard InChI is InChI=1S/C17H13FN2O/c18-15-7-3-4-8-16(15)20-17(21)19-14-10-9-12-5-1-2-6-13(12)11-14/h1-11H,(H2,19,20,21). The normalized spacial score (nSPS) is 10.3. The van der Waals surface area contributed by atoms with Gasteiger partial charge in [0.25, 0.3) is 0 Å². The maximum atomic E-state index is 13.5. The Hall–Kier alpha value is -2.88. The average Bonchev–Trinajstić information content (AvgIpc) is 2.49. The van der Waals surface area contributed by atoms with Gasteiger partial charge in [0.2, 0.25) is 0 Å². The molecule has 3 aromatic rings. The Bertz CT molecular complexity index is 801. The molecule has 21 heavy (non-hydrogen) atoms. The second kappa shape index (κ2) is 5.63. The van der Waals surface area contributed by atoms with E-state index in [9.17, 15) is 9.18 Å². The zero-order valence-electron chi connectivity index (χ0n) is 11.1. The molecule has 0 aliphatic rings. The molecule has 3 rings (SSSR count). The summed E-state index contributed by atoms with van der Waals surface area (Å²) in [6.07, 6.45) is 0. The fourth-order valence-electron chi connectivity index (χ4n) is 2.11. The van der Waals surface area contributed by atoms with Crippen molar-refractivity contribution in [3.63, 3.8) is 0 Å². The SMILES string of the molecule is O=C(Nc1ccc2ccccc2c1)Nc1ccccc1F. The van der Waals surface area contributed by atoms with Gasteiger partial charge in [-0.05, 0) is 35.0 Å². The Morgan fingerprint density at radius 3 is 2.33 bits per heavy atom. The summed E-state index contributed by atoms with van der Waals surface area (Å²) in [5.74, 6) is -0.467. The van der Waals surface area contributed by atoms with Gasteiger partial charge in [-0.25, -0.2) is 9.18 Å². The Morgan fingerprint density at radius 2 is 1.52 bits per heavy atom. The van der Waals surface area contributed by atoms with Gasteiger partial charge in [0.15, 0.2) is 0 Å². The fraction of sp³-hybridized carbons (Fsp3) is 0. The number of amides is 2. The summed E-state index contributed by atoms with van der Waals surface area (Å²) < 4.78 is 13.5. The van der Waals surface area contributed by atoms with Crippen LogP contribution in [0.5, 0.6) is 0 Å². The van der Waals surface area contributed by atoms with Crippen LogP contribution >= 0.6 is 0 Å². The van der Waals surface area contributed by atoms with Crippen molar-refractivity contribution in [2.45, 2.75) is 0 Å². The van der Waals surface area contributed by atoms with Crippen LogP contribution in [0.25, 0.3) is 10.8 Å². The quantitative estimate of drug-likeness (QED) is 0.706. The molecule has 104 valence electrons. The molecule has 0 atom stereocenters. The smallest absolute Gasteiger partial charge is 0.308 e. The highest BCUT2D eigenvalue weighted by Crippen LogP contribution is 2.19. The van der Waals surface area contributed by atoms with Crippen molar-refractivity contribution in [1.29, 1.82) is 0 Å². The summed E-state index contributed by atoms with van der Waals surface area (Å²) in [7, 11) is 0. The average molecular weight is 280 g/mol. The third kappa shape index (κ3) is 3.00. The number of halogens is 1. The van der Waals surface area contributed by atoms with Gasteiger partial charge in [-0.3, -0.25) is 0 Å². The van der Waals surface area contributed by atoms with Crippen LogP contribution in [-0.4, -0.2) is 6.03 Å². The molecule has 3 aromatic carbocycles. The minimum absolute atomic E-state index is 0.149. The van der Waals surface area contributed by atoms with E-state index in [1.54, 1.807) is 12.1 Å². The van der Waals surface area contributed by atoms with E-state index in [-0.39, 0.29) is 5.69 Å². The first-order valence-electron chi connectivity index (χ1n) is 6.54. The van der Waals surface area contributed by atoms with Gasteiger partial charge in [0.05, 0.1) is 5.69 Å². The number of benzene rings is 3. The molecule has 0 aromatic heterocycles. The lowest BCUT2D eigenvalue weighted by atomic mass is 10.1. The Kier molecular flexibility index (Phi) is 3.51. The van der Waals surface area contributed by atoms with Gasteiger partial charge in [-0.15, -0.1) is 0 Å². The number of hydrogen-bond acceptors (Lipinski definition) is 1. The summed E-state index contributed by atoms with van der Waals surface area (Å²) in [5, 5.41) is 7.30. The number of hydrogen-bond donors (Lipinski definition) is 2. The van der Waals surface area contributed by atoms with Crippen LogP contribution in [0.2, 0.25) is 0 Å². The molecule has 0 aliphatic heterocycles. The third-order valence-corrected chi connectivity index (χ3v) is 3.13. The summed E-state index contributed by atoms with van der Waals surface area (Å²) in [6.45, 7) is 0. The molecule has 0 fully saturated rings. The van der Waals surface area contributed by atoms with Crippen molar-refractivity contribution in [1.82, 2.24) is 0 Å². The van der Waals surface area contributed by atoms with E-state index in [4.69, 9.17) is 0 Å². The number of para-hydroxylation sites is 1. The van der Waals surface area contributed by atoms with Crippen molar-refractivity contribution < 1.29 is 9.18 Å². The number of carbonyl (C=O) groups excluding carboxylic acids is 1. The second-order valence-corrected chi connectivity index (χ2v) is 4.62. The largest absolute Gasteiger partial charge is 0.323 e. The number of urea groups is 1. The topological polar surface area (TPSA) is 41.1 Å². The van der Waals surface area contributed by atoms with Crippen molar-refractivity contribution in [2.75, 3.05) is 10.6 Å². The van der Waals surface area contributed by atoms with Crippen LogP contribution in [-0.2, 0) is 0 Å². The Morgan fingerprint density at radius 1 is 0.810 bits per heavy atom. The van der Waals surface area contributed by atoms with E-state index in [2.05, 4.69) is 10.6 Å². The molecule has 3 nitrogen and oxygen atoms in total. The highest BCUT2D eigenvalue weighted by molar-refractivity contribution is 6.01. The first kappa shape index (κ1) is 13.1. The number of nitrogens with one attached hydrogen (secondary N) is 2. The molecule has 2 N–H and O–H groups in total. The van der Waals surface area contributed by atoms with Gasteiger partial charge in [-0.2, -0.15) is 0 Å². The highest BCUT2D eigenvalue weighted by atomic mass is 19.1. The number of rotatable bonds is 2. The first-order chi connectivity index (χ1) is 10.2. The minimum atomic E-state index is -0.476. The number of fused-ring (bicyclic) bond motifs is 1. The lowest BCUT2D eigenvalue weighted by Crippen LogP contribution is -2.20. The van der Waals surface area contributed by atoms with Crippen LogP contribution in [0.1, 0.15) is 0 Å². The van der Waals surface area contributed by atoms with Gasteiger partial charge in [-0.1, -0.05) is 42.5 Å². The van der Waals surface area contributed by atoms with E-state index in [1.807, 2.05) is 42.5 Å². The highest BCUT2D eigenvalue weighted by Gasteiger charge is 2.06. The molecule has 0 spiro atoms. The second-order valence-electron chi connectivity index (χ2n) is 4.62. The summed E-state index contributed by atoms with van der Waals surface area (Å²) in [6, 6.07) is 19.0. The van der Waals surface area contributed by atoms with Crippen LogP contribution in [0, 0.1) is 5.82 Å². The molecular formula is C17H13FN2O. The predicted molar refractivity (Wildman–Crippen MR) is 83.0 cm³/mol. The molecule has 0 aliphatic carbocycles. The maximum Gasteiger partial charge on any atom is 0.323 e. The fourth-order valence-corrected chi connectivity index (χ4v) is 2.11. The van der Waals surface area contributed by atoms with E-state index in [0.717, 1.165) is 10.8 Å². The first-order valence-corrected chi connectivity index (χ1v) is 6.54. The molecule has 0 saturated heterocycles. The van der Waals surface area contributed by atoms with Crippen LogP contribution in [0.3, 0.4) is 0 Å². The van der Waals surface area contributed by atoms with Gasteiger partial charge >= 0.3 is 6.03 Å². The number of anilines is 2. The summed E-state index contributed by atoms with van der Waals surface area (Å²) >= 11 is 0. The Labute approximate surface area is 121 Å². The van der Waals surface area contributed by atoms with E-state index >= 15 is 0 Å². The summed E-state index contributed by atoms with van der Waals surface area (Å²) in [4.78, 5) is 11.9. The molecule has 0 heterocycles. The molecule has 0 unspecified atom stereocenters. The molecule has 4 heteroatoms. The van der Waals surface area contributed by atoms with Crippen molar-refractivity contribution in [3.05, 3.63) is 72.5 Å². The zero-order chi connectivity index (χ0) is 14.7. The lowest BCUT2D eigenvalue weighted by Gasteiger charge is -2.09. The van der Waals surface area contributed by atoms with Crippen LogP contribution in [0.4, 0.5) is 20.6 Å². The van der Waals surface area contributed by atoms with Gasteiger partial charge in [0.1, 0.15) is 5.82 Å². The minimum Gasteiger partial charge on any atom is -0.308 e. The zero-order valence-corrected chi connectivity index (χ0v) is 11.1. The van der Waals surface area contributed by atoms with Crippen LogP contribution < -0.4 is 10.6 Å². The summed E-state index contributed by atoms with van der Waals surface area (Å²) in [5.41, 5.74) is 0.804. The van der Waals surface area contributed by atoms with Crippen molar-refractivity contribution in [3.8, 4) is 0 Å². The number of carbonyl (C=O) groups is 1. The lowest BCUT2D eigenvalue weighted by molar-refractivity contribution is 0.262. The molecule has 0 bridgehead atoms. The van der Waals surface area contributed by atoms with Crippen molar-refractivity contribution in [2.24, 2.45) is 0 Å². The van der Waals surface area contributed by atoms with Crippen molar-refractivity contribution >= 4 is 28.2 Å². The molecule has 2 amide bonds. The maximum absolute atomic E-state index is 13.5. The van der Waals surface area contributed by atoms with E-state index < -0.39 is 11.8 Å². The predicted octanol–water partition coefficient (Wildman–Crippen LogP) is 4.62. The van der Waals surface area contributed by atoms with Gasteiger partial charge in [0, 0.05) is 5.69 Å². The molecular weight excluding hydrogens is 267 g/mol. The van der Waals surface area contributed by atoms with E-state index in [0.29, 0.717) is 5.69 Å².